The van der Waals surface area contributed by atoms with Gasteiger partial charge < -0.3 is 20.4 Å². The van der Waals surface area contributed by atoms with E-state index in [9.17, 15) is 4.79 Å². The number of carbonyl (C=O) groups excluding carboxylic acids is 1. The van der Waals surface area contributed by atoms with Gasteiger partial charge in [0.05, 0.1) is 12.9 Å². The van der Waals surface area contributed by atoms with Crippen molar-refractivity contribution in [2.24, 2.45) is 0 Å². The molecule has 1 aliphatic heterocycles. The predicted molar refractivity (Wildman–Crippen MR) is 113 cm³/mol. The Kier molecular flexibility index (Phi) is 6.11. The van der Waals surface area contributed by atoms with Gasteiger partial charge in [-0.2, -0.15) is 0 Å². The van der Waals surface area contributed by atoms with E-state index < -0.39 is 0 Å². The van der Waals surface area contributed by atoms with Crippen molar-refractivity contribution >= 4 is 41.4 Å². The summed E-state index contributed by atoms with van der Waals surface area (Å²) in [5.41, 5.74) is 4.36. The summed E-state index contributed by atoms with van der Waals surface area (Å²) in [6.07, 6.45) is 4.35. The van der Waals surface area contributed by atoms with Crippen molar-refractivity contribution in [3.8, 4) is 5.75 Å². The van der Waals surface area contributed by atoms with Gasteiger partial charge in [0.25, 0.3) is 0 Å². The van der Waals surface area contributed by atoms with Crippen LogP contribution in [0.3, 0.4) is 0 Å². The molecule has 0 spiro atoms. The van der Waals surface area contributed by atoms with E-state index in [4.69, 9.17) is 16.3 Å². The molecule has 0 bridgehead atoms. The van der Waals surface area contributed by atoms with Crippen molar-refractivity contribution < 1.29 is 9.53 Å². The Balaban J connectivity index is 0.00000225. The molecule has 28 heavy (non-hydrogen) atoms. The lowest BCUT2D eigenvalue weighted by molar-refractivity contribution is 0.262. The van der Waals surface area contributed by atoms with Crippen LogP contribution in [0.4, 0.5) is 16.2 Å². The number of nitrogens with zero attached hydrogens (tertiary/aromatic N) is 1. The van der Waals surface area contributed by atoms with Gasteiger partial charge in [-0.25, -0.2) is 9.78 Å². The third-order valence-corrected chi connectivity index (χ3v) is 5.04. The molecule has 4 rings (SSSR count). The average Bonchev–Trinajstić information content (AvgIpc) is 3.19. The van der Waals surface area contributed by atoms with E-state index in [2.05, 4.69) is 20.6 Å². The number of hydrogen-bond donors (Lipinski definition) is 3. The average molecular weight is 419 g/mol. The minimum absolute atomic E-state index is 0. The Labute approximate surface area is 174 Å². The molecule has 3 N–H and O–H groups in total. The van der Waals surface area contributed by atoms with Crippen LogP contribution in [0.15, 0.2) is 48.9 Å². The lowest BCUT2D eigenvalue weighted by Crippen LogP contribution is -2.20. The fourth-order valence-corrected chi connectivity index (χ4v) is 3.40. The summed E-state index contributed by atoms with van der Waals surface area (Å²) in [6.45, 7) is 2.57. The minimum atomic E-state index is -0.329. The van der Waals surface area contributed by atoms with E-state index in [1.165, 1.54) is 0 Å². The van der Waals surface area contributed by atoms with E-state index >= 15 is 0 Å². The summed E-state index contributed by atoms with van der Waals surface area (Å²) in [5.74, 6) is 0.995. The number of imidazole rings is 1. The van der Waals surface area contributed by atoms with Crippen LogP contribution in [0, 0.1) is 6.92 Å². The van der Waals surface area contributed by atoms with Crippen molar-refractivity contribution in [1.29, 1.82) is 0 Å². The summed E-state index contributed by atoms with van der Waals surface area (Å²) in [4.78, 5) is 19.6. The van der Waals surface area contributed by atoms with Crippen LogP contribution < -0.4 is 15.4 Å². The molecule has 0 radical (unpaired) electrons. The number of urea groups is 1. The van der Waals surface area contributed by atoms with Crippen molar-refractivity contribution in [3.05, 3.63) is 70.8 Å². The second kappa shape index (κ2) is 8.54. The van der Waals surface area contributed by atoms with Crippen LogP contribution in [0.1, 0.15) is 29.2 Å². The minimum Gasteiger partial charge on any atom is -0.493 e. The Morgan fingerprint density at radius 2 is 1.96 bits per heavy atom. The normalized spacial score (nSPS) is 15.0. The van der Waals surface area contributed by atoms with E-state index in [0.29, 0.717) is 23.0 Å². The Morgan fingerprint density at radius 3 is 2.68 bits per heavy atom. The van der Waals surface area contributed by atoms with Gasteiger partial charge in [-0.1, -0.05) is 17.7 Å². The first-order valence-electron chi connectivity index (χ1n) is 8.69. The molecule has 1 atom stereocenters. The Morgan fingerprint density at radius 1 is 1.21 bits per heavy atom. The number of ether oxygens (including phenoxy) is 1. The van der Waals surface area contributed by atoms with Gasteiger partial charge in [-0.05, 0) is 49.2 Å². The number of fused-ring (bicyclic) bond motifs is 1. The van der Waals surface area contributed by atoms with Crippen LogP contribution in [-0.4, -0.2) is 22.6 Å². The third kappa shape index (κ3) is 4.24. The molecule has 6 nitrogen and oxygen atoms in total. The molecule has 8 heteroatoms. The SMILES string of the molecule is Cc1ccc(NC(=O)Nc2ccc3c(c2)C(c2cnc[nH]2)CCO3)cc1Cl.Cl. The van der Waals surface area contributed by atoms with Gasteiger partial charge >= 0.3 is 6.03 Å². The standard InChI is InChI=1S/C20H19ClN4O2.ClH/c1-12-2-3-14(9-17(12)21)25-20(26)24-13-4-5-19-16(8-13)15(6-7-27-19)18-10-22-11-23-18;/h2-5,8-11,15H,6-7H2,1H3,(H,22,23)(H2,24,25,26);1H. The fraction of sp³-hybridized carbons (Fsp3) is 0.200. The number of rotatable bonds is 3. The van der Waals surface area contributed by atoms with E-state index in [1.807, 2.05) is 43.5 Å². The first kappa shape index (κ1) is 20.0. The molecule has 0 fully saturated rings. The smallest absolute Gasteiger partial charge is 0.323 e. The van der Waals surface area contributed by atoms with Gasteiger partial charge in [0, 0.05) is 39.8 Å². The Bertz CT molecular complexity index is 976. The quantitative estimate of drug-likeness (QED) is 0.535. The lowest BCUT2D eigenvalue weighted by atomic mass is 9.90. The van der Waals surface area contributed by atoms with Gasteiger partial charge in [0.1, 0.15) is 5.75 Å². The van der Waals surface area contributed by atoms with Crippen molar-refractivity contribution in [1.82, 2.24) is 9.97 Å². The molecule has 146 valence electrons. The van der Waals surface area contributed by atoms with Crippen LogP contribution in [0.2, 0.25) is 5.02 Å². The molecule has 0 saturated carbocycles. The van der Waals surface area contributed by atoms with E-state index in [1.54, 1.807) is 12.4 Å². The zero-order chi connectivity index (χ0) is 18.8. The zero-order valence-corrected chi connectivity index (χ0v) is 16.7. The second-order valence-electron chi connectivity index (χ2n) is 6.49. The summed E-state index contributed by atoms with van der Waals surface area (Å²) in [6, 6.07) is 10.7. The zero-order valence-electron chi connectivity index (χ0n) is 15.2. The number of anilines is 2. The molecular formula is C20H20Cl2N4O2. The molecule has 2 heterocycles. The molecule has 1 aliphatic rings. The second-order valence-corrected chi connectivity index (χ2v) is 6.90. The maximum atomic E-state index is 12.3. The molecule has 1 unspecified atom stereocenters. The monoisotopic (exact) mass is 418 g/mol. The predicted octanol–water partition coefficient (Wildman–Crippen LogP) is 5.35. The highest BCUT2D eigenvalue weighted by Gasteiger charge is 2.24. The maximum absolute atomic E-state index is 12.3. The molecule has 3 aromatic rings. The number of benzene rings is 2. The first-order chi connectivity index (χ1) is 13.1. The first-order valence-corrected chi connectivity index (χ1v) is 9.07. The number of amides is 2. The molecule has 2 aromatic carbocycles. The van der Waals surface area contributed by atoms with Gasteiger partial charge in [-0.15, -0.1) is 12.4 Å². The van der Waals surface area contributed by atoms with Crippen LogP contribution in [0.5, 0.6) is 5.75 Å². The molecular weight excluding hydrogens is 399 g/mol. The third-order valence-electron chi connectivity index (χ3n) is 4.63. The fourth-order valence-electron chi connectivity index (χ4n) is 3.22. The summed E-state index contributed by atoms with van der Waals surface area (Å²) >= 11 is 6.11. The number of aromatic amines is 1. The van der Waals surface area contributed by atoms with Gasteiger partial charge in [0.15, 0.2) is 0 Å². The summed E-state index contributed by atoms with van der Waals surface area (Å²) < 4.78 is 5.75. The molecule has 0 saturated heterocycles. The number of hydrogen-bond acceptors (Lipinski definition) is 3. The largest absolute Gasteiger partial charge is 0.493 e. The van der Waals surface area contributed by atoms with Gasteiger partial charge in [-0.3, -0.25) is 0 Å². The van der Waals surface area contributed by atoms with Crippen LogP contribution in [-0.2, 0) is 0 Å². The topological polar surface area (TPSA) is 79.0 Å². The molecule has 1 aromatic heterocycles. The van der Waals surface area contributed by atoms with Gasteiger partial charge in [0.2, 0.25) is 0 Å². The number of halogens is 2. The maximum Gasteiger partial charge on any atom is 0.323 e. The van der Waals surface area contributed by atoms with E-state index in [-0.39, 0.29) is 24.4 Å². The number of nitrogens with one attached hydrogen (secondary N) is 3. The molecule has 0 aliphatic carbocycles. The lowest BCUT2D eigenvalue weighted by Gasteiger charge is -2.25. The number of aryl methyl sites for hydroxylation is 1. The number of H-pyrrole nitrogens is 1. The van der Waals surface area contributed by atoms with Crippen molar-refractivity contribution in [3.63, 3.8) is 0 Å². The highest BCUT2D eigenvalue weighted by Crippen LogP contribution is 2.38. The molecule has 2 amide bonds. The van der Waals surface area contributed by atoms with Crippen molar-refractivity contribution in [2.75, 3.05) is 17.2 Å². The van der Waals surface area contributed by atoms with Crippen LogP contribution >= 0.6 is 24.0 Å². The Hall–Kier alpha value is -2.70. The highest BCUT2D eigenvalue weighted by atomic mass is 35.5. The number of aromatic nitrogens is 2. The van der Waals surface area contributed by atoms with E-state index in [0.717, 1.165) is 29.0 Å². The van der Waals surface area contributed by atoms with Crippen molar-refractivity contribution in [2.45, 2.75) is 19.3 Å². The highest BCUT2D eigenvalue weighted by molar-refractivity contribution is 6.31. The number of carbonyl (C=O) groups is 1. The van der Waals surface area contributed by atoms with Crippen LogP contribution in [0.25, 0.3) is 0 Å². The summed E-state index contributed by atoms with van der Waals surface area (Å²) in [7, 11) is 0. The summed E-state index contributed by atoms with van der Waals surface area (Å²) in [5, 5.41) is 6.27.